The first kappa shape index (κ1) is 8.97. The highest BCUT2D eigenvalue weighted by Crippen LogP contribution is 2.31. The average molecular weight is 260 g/mol. The molecule has 0 radical (unpaired) electrons. The van der Waals surface area contributed by atoms with Crippen LogP contribution in [0.4, 0.5) is 10.1 Å². The molecule has 2 rings (SSSR count). The Hall–Kier alpha value is -0.610. The van der Waals surface area contributed by atoms with Gasteiger partial charge in [0.2, 0.25) is 0 Å². The lowest BCUT2D eigenvalue weighted by Gasteiger charge is -1.95. The van der Waals surface area contributed by atoms with Gasteiger partial charge in [-0.05, 0) is 18.2 Å². The van der Waals surface area contributed by atoms with Crippen molar-refractivity contribution >= 4 is 43.0 Å². The van der Waals surface area contributed by atoms with Gasteiger partial charge in [-0.3, -0.25) is 0 Å². The van der Waals surface area contributed by atoms with Crippen molar-refractivity contribution in [2.75, 3.05) is 5.73 Å². The Morgan fingerprint density at radius 2 is 2.23 bits per heavy atom. The molecule has 0 unspecified atom stereocenters. The van der Waals surface area contributed by atoms with Gasteiger partial charge in [0.15, 0.2) is 5.82 Å². The summed E-state index contributed by atoms with van der Waals surface area (Å²) in [6.45, 7) is 0. The van der Waals surface area contributed by atoms with Crippen LogP contribution in [0.5, 0.6) is 0 Å². The van der Waals surface area contributed by atoms with Crippen LogP contribution in [-0.4, -0.2) is 0 Å². The number of benzene rings is 1. The zero-order valence-electron chi connectivity index (χ0n) is 6.68. The SMILES string of the molecule is Nc1ccc2sc(CBr)cc2c1F. The Morgan fingerprint density at radius 1 is 1.46 bits per heavy atom. The molecular weight excluding hydrogens is 253 g/mol. The van der Waals surface area contributed by atoms with Crippen LogP contribution in [0.1, 0.15) is 4.88 Å². The maximum Gasteiger partial charge on any atom is 0.154 e. The summed E-state index contributed by atoms with van der Waals surface area (Å²) in [6.07, 6.45) is 0. The van der Waals surface area contributed by atoms with Gasteiger partial charge in [0.1, 0.15) is 0 Å². The minimum absolute atomic E-state index is 0.214. The second-order valence-electron chi connectivity index (χ2n) is 2.73. The van der Waals surface area contributed by atoms with Crippen molar-refractivity contribution in [2.45, 2.75) is 5.33 Å². The predicted octanol–water partition coefficient (Wildman–Crippen LogP) is 3.52. The van der Waals surface area contributed by atoms with E-state index in [4.69, 9.17) is 5.73 Å². The van der Waals surface area contributed by atoms with E-state index < -0.39 is 0 Å². The first-order valence-electron chi connectivity index (χ1n) is 3.74. The van der Waals surface area contributed by atoms with Crippen LogP contribution in [0, 0.1) is 5.82 Å². The molecule has 0 amide bonds. The van der Waals surface area contributed by atoms with E-state index in [0.717, 1.165) is 14.9 Å². The number of alkyl halides is 1. The largest absolute Gasteiger partial charge is 0.396 e. The molecule has 1 aromatic carbocycles. The zero-order chi connectivity index (χ0) is 9.42. The average Bonchev–Trinajstić information content (AvgIpc) is 2.55. The molecule has 13 heavy (non-hydrogen) atoms. The van der Waals surface area contributed by atoms with E-state index in [9.17, 15) is 4.39 Å². The molecule has 0 saturated carbocycles. The highest BCUT2D eigenvalue weighted by Gasteiger charge is 2.07. The molecule has 0 aliphatic carbocycles. The molecule has 68 valence electrons. The summed E-state index contributed by atoms with van der Waals surface area (Å²) in [5.74, 6) is -0.305. The second-order valence-corrected chi connectivity index (χ2v) is 4.46. The number of hydrogen-bond acceptors (Lipinski definition) is 2. The molecule has 2 aromatic rings. The minimum atomic E-state index is -0.305. The van der Waals surface area contributed by atoms with Gasteiger partial charge in [-0.1, -0.05) is 15.9 Å². The van der Waals surface area contributed by atoms with Gasteiger partial charge >= 0.3 is 0 Å². The van der Waals surface area contributed by atoms with E-state index in [1.165, 1.54) is 0 Å². The van der Waals surface area contributed by atoms with Crippen molar-refractivity contribution in [1.82, 2.24) is 0 Å². The van der Waals surface area contributed by atoms with Crippen LogP contribution in [0.25, 0.3) is 10.1 Å². The Kier molecular flexibility index (Phi) is 2.26. The standard InChI is InChI=1S/C9H7BrFNS/c10-4-5-3-6-8(13-5)2-1-7(12)9(6)11/h1-3H,4,12H2. The van der Waals surface area contributed by atoms with Crippen LogP contribution >= 0.6 is 27.3 Å². The van der Waals surface area contributed by atoms with Crippen LogP contribution in [0.2, 0.25) is 0 Å². The maximum atomic E-state index is 13.4. The Morgan fingerprint density at radius 3 is 2.92 bits per heavy atom. The van der Waals surface area contributed by atoms with Gasteiger partial charge in [0.25, 0.3) is 0 Å². The minimum Gasteiger partial charge on any atom is -0.396 e. The lowest BCUT2D eigenvalue weighted by molar-refractivity contribution is 0.644. The molecule has 1 heterocycles. The third-order valence-electron chi connectivity index (χ3n) is 1.85. The highest BCUT2D eigenvalue weighted by atomic mass is 79.9. The number of rotatable bonds is 1. The van der Waals surface area contributed by atoms with E-state index in [0.29, 0.717) is 5.39 Å². The van der Waals surface area contributed by atoms with Gasteiger partial charge in [0.05, 0.1) is 5.69 Å². The van der Waals surface area contributed by atoms with E-state index in [2.05, 4.69) is 15.9 Å². The van der Waals surface area contributed by atoms with Crippen molar-refractivity contribution in [3.63, 3.8) is 0 Å². The number of nitrogens with two attached hydrogens (primary N) is 1. The molecule has 0 aliphatic rings. The quantitative estimate of drug-likeness (QED) is 0.616. The molecule has 0 fully saturated rings. The molecule has 0 saturated heterocycles. The summed E-state index contributed by atoms with van der Waals surface area (Å²) in [7, 11) is 0. The van der Waals surface area contributed by atoms with Crippen molar-refractivity contribution < 1.29 is 4.39 Å². The molecule has 0 bridgehead atoms. The van der Waals surface area contributed by atoms with Crippen LogP contribution < -0.4 is 5.73 Å². The molecule has 0 atom stereocenters. The third kappa shape index (κ3) is 1.44. The van der Waals surface area contributed by atoms with Crippen LogP contribution in [0.3, 0.4) is 0 Å². The first-order chi connectivity index (χ1) is 6.22. The van der Waals surface area contributed by atoms with Gasteiger partial charge in [-0.15, -0.1) is 11.3 Å². The van der Waals surface area contributed by atoms with E-state index in [1.54, 1.807) is 17.4 Å². The van der Waals surface area contributed by atoms with Crippen LogP contribution in [-0.2, 0) is 5.33 Å². The summed E-state index contributed by atoms with van der Waals surface area (Å²) in [4.78, 5) is 1.11. The van der Waals surface area contributed by atoms with Crippen molar-refractivity contribution in [3.05, 3.63) is 28.9 Å². The lowest BCUT2D eigenvalue weighted by atomic mass is 10.2. The fourth-order valence-electron chi connectivity index (χ4n) is 1.21. The highest BCUT2D eigenvalue weighted by molar-refractivity contribution is 9.08. The molecule has 4 heteroatoms. The number of nitrogen functional groups attached to an aromatic ring is 1. The topological polar surface area (TPSA) is 26.0 Å². The number of halogens is 2. The molecule has 2 N–H and O–H groups in total. The summed E-state index contributed by atoms with van der Waals surface area (Å²) >= 11 is 4.91. The van der Waals surface area contributed by atoms with Gasteiger partial charge in [-0.2, -0.15) is 0 Å². The van der Waals surface area contributed by atoms with Gasteiger partial charge < -0.3 is 5.73 Å². The molecule has 0 spiro atoms. The number of anilines is 1. The summed E-state index contributed by atoms with van der Waals surface area (Å²) in [5.41, 5.74) is 5.67. The number of fused-ring (bicyclic) bond motifs is 1. The molecule has 0 aliphatic heterocycles. The fourth-order valence-corrected chi connectivity index (χ4v) is 2.63. The Balaban J connectivity index is 2.76. The normalized spacial score (nSPS) is 10.9. The first-order valence-corrected chi connectivity index (χ1v) is 5.68. The smallest absolute Gasteiger partial charge is 0.154 e. The van der Waals surface area contributed by atoms with E-state index in [1.807, 2.05) is 12.1 Å². The summed E-state index contributed by atoms with van der Waals surface area (Å²) in [5, 5.41) is 1.38. The second kappa shape index (κ2) is 3.27. The van der Waals surface area contributed by atoms with Gasteiger partial charge in [-0.25, -0.2) is 4.39 Å². The monoisotopic (exact) mass is 259 g/mol. The van der Waals surface area contributed by atoms with Crippen LogP contribution in [0.15, 0.2) is 18.2 Å². The Labute approximate surface area is 87.5 Å². The fraction of sp³-hybridized carbons (Fsp3) is 0.111. The maximum absolute atomic E-state index is 13.4. The molecule has 1 nitrogen and oxygen atoms in total. The van der Waals surface area contributed by atoms with Crippen molar-refractivity contribution in [3.8, 4) is 0 Å². The lowest BCUT2D eigenvalue weighted by Crippen LogP contribution is -1.88. The van der Waals surface area contributed by atoms with E-state index in [-0.39, 0.29) is 11.5 Å². The third-order valence-corrected chi connectivity index (χ3v) is 3.92. The zero-order valence-corrected chi connectivity index (χ0v) is 9.08. The van der Waals surface area contributed by atoms with E-state index >= 15 is 0 Å². The number of thiophene rings is 1. The van der Waals surface area contributed by atoms with Gasteiger partial charge in [0, 0.05) is 20.3 Å². The molecule has 1 aromatic heterocycles. The van der Waals surface area contributed by atoms with Crippen molar-refractivity contribution in [1.29, 1.82) is 0 Å². The Bertz CT molecular complexity index is 452. The van der Waals surface area contributed by atoms with Crippen molar-refractivity contribution in [2.24, 2.45) is 0 Å². The summed E-state index contributed by atoms with van der Waals surface area (Å²) in [6, 6.07) is 5.29. The molecular formula is C9H7BrFNS. The predicted molar refractivity (Wildman–Crippen MR) is 58.8 cm³/mol. The number of hydrogen-bond donors (Lipinski definition) is 1. The summed E-state index contributed by atoms with van der Waals surface area (Å²) < 4.78 is 14.4.